The molecule has 0 aromatic heterocycles. The minimum Gasteiger partial charge on any atom is -0.170 e. The van der Waals surface area contributed by atoms with Gasteiger partial charge in [0, 0.05) is 0 Å². The molecule has 0 amide bonds. The third-order valence-corrected chi connectivity index (χ3v) is 4.24. The van der Waals surface area contributed by atoms with Gasteiger partial charge in [0.1, 0.15) is 0 Å². The molecular formula is C13H23F3. The summed E-state index contributed by atoms with van der Waals surface area (Å²) >= 11 is 0. The highest BCUT2D eigenvalue weighted by atomic mass is 19.4. The lowest BCUT2D eigenvalue weighted by atomic mass is 9.72. The number of rotatable bonds is 5. The van der Waals surface area contributed by atoms with E-state index in [2.05, 4.69) is 6.92 Å². The summed E-state index contributed by atoms with van der Waals surface area (Å²) in [5.74, 6) is -0.207. The average molecular weight is 236 g/mol. The van der Waals surface area contributed by atoms with Gasteiger partial charge < -0.3 is 0 Å². The van der Waals surface area contributed by atoms with Crippen molar-refractivity contribution in [1.82, 2.24) is 0 Å². The number of hydrogen-bond acceptors (Lipinski definition) is 0. The lowest BCUT2D eigenvalue weighted by molar-refractivity contribution is -0.240. The van der Waals surface area contributed by atoms with Gasteiger partial charge in [0.25, 0.3) is 0 Å². The van der Waals surface area contributed by atoms with E-state index in [4.69, 9.17) is 0 Å². The van der Waals surface area contributed by atoms with Gasteiger partial charge in [0.15, 0.2) is 0 Å². The second kappa shape index (κ2) is 5.42. The molecule has 0 heterocycles. The van der Waals surface area contributed by atoms with Crippen molar-refractivity contribution in [3.8, 4) is 0 Å². The third-order valence-electron chi connectivity index (χ3n) is 4.24. The quantitative estimate of drug-likeness (QED) is 0.566. The molecule has 1 saturated carbocycles. The first kappa shape index (κ1) is 13.9. The summed E-state index contributed by atoms with van der Waals surface area (Å²) in [6.45, 7) is 3.88. The van der Waals surface area contributed by atoms with Crippen LogP contribution in [0.1, 0.15) is 65.2 Å². The molecule has 0 aliphatic heterocycles. The van der Waals surface area contributed by atoms with Crippen molar-refractivity contribution in [1.29, 1.82) is 0 Å². The maximum absolute atomic E-state index is 13.2. The van der Waals surface area contributed by atoms with Gasteiger partial charge in [-0.25, -0.2) is 0 Å². The predicted molar refractivity (Wildman–Crippen MR) is 60.3 cm³/mol. The molecule has 0 aromatic carbocycles. The average Bonchev–Trinajstić information content (AvgIpc) is 2.66. The van der Waals surface area contributed by atoms with Crippen LogP contribution in [0, 0.1) is 11.3 Å². The van der Waals surface area contributed by atoms with Crippen molar-refractivity contribution in [3.63, 3.8) is 0 Å². The van der Waals surface area contributed by atoms with Crippen molar-refractivity contribution < 1.29 is 13.2 Å². The standard InChI is InChI=1S/C13H23F3/c1-3-4-5-8-11(2)12(13(14,15)16)9-6-7-10-12/h11H,3-10H2,1-2H3. The summed E-state index contributed by atoms with van der Waals surface area (Å²) in [5.41, 5.74) is -1.36. The Morgan fingerprint density at radius 2 is 1.69 bits per heavy atom. The van der Waals surface area contributed by atoms with Gasteiger partial charge in [-0.05, 0) is 25.2 Å². The summed E-state index contributed by atoms with van der Waals surface area (Å²) in [5, 5.41) is 0. The zero-order chi connectivity index (χ0) is 12.2. The van der Waals surface area contributed by atoms with Crippen molar-refractivity contribution in [2.24, 2.45) is 11.3 Å². The number of halogens is 3. The van der Waals surface area contributed by atoms with Crippen molar-refractivity contribution in [2.45, 2.75) is 71.4 Å². The Morgan fingerprint density at radius 1 is 1.12 bits per heavy atom. The van der Waals surface area contributed by atoms with Crippen LogP contribution in [0.3, 0.4) is 0 Å². The summed E-state index contributed by atoms with van der Waals surface area (Å²) < 4.78 is 39.5. The van der Waals surface area contributed by atoms with Gasteiger partial charge in [-0.2, -0.15) is 13.2 Å². The first-order valence-electron chi connectivity index (χ1n) is 6.51. The van der Waals surface area contributed by atoms with E-state index in [0.717, 1.165) is 38.5 Å². The Kier molecular flexibility index (Phi) is 4.69. The van der Waals surface area contributed by atoms with Crippen LogP contribution < -0.4 is 0 Å². The van der Waals surface area contributed by atoms with Gasteiger partial charge >= 0.3 is 6.18 Å². The molecule has 1 fully saturated rings. The molecular weight excluding hydrogens is 213 g/mol. The summed E-state index contributed by atoms with van der Waals surface area (Å²) in [6, 6.07) is 0. The first-order valence-corrected chi connectivity index (χ1v) is 6.51. The van der Waals surface area contributed by atoms with Gasteiger partial charge in [-0.15, -0.1) is 0 Å². The fourth-order valence-corrected chi connectivity index (χ4v) is 3.04. The highest BCUT2D eigenvalue weighted by molar-refractivity contribution is 4.94. The second-order valence-electron chi connectivity index (χ2n) is 5.26. The SMILES string of the molecule is CCCCCC(C)C1(C(F)(F)F)CCCC1. The molecule has 0 bridgehead atoms. The van der Waals surface area contributed by atoms with E-state index in [1.165, 1.54) is 0 Å². The van der Waals surface area contributed by atoms with Gasteiger partial charge in [-0.1, -0.05) is 46.0 Å². The van der Waals surface area contributed by atoms with Crippen LogP contribution in [0.4, 0.5) is 13.2 Å². The third kappa shape index (κ3) is 2.72. The van der Waals surface area contributed by atoms with E-state index in [1.54, 1.807) is 6.92 Å². The lowest BCUT2D eigenvalue weighted by Crippen LogP contribution is -2.41. The van der Waals surface area contributed by atoms with Crippen LogP contribution >= 0.6 is 0 Å². The predicted octanol–water partition coefficient (Wildman–Crippen LogP) is 5.33. The lowest BCUT2D eigenvalue weighted by Gasteiger charge is -2.37. The molecule has 3 heteroatoms. The minimum atomic E-state index is -4.00. The van der Waals surface area contributed by atoms with Gasteiger partial charge in [0.2, 0.25) is 0 Å². The van der Waals surface area contributed by atoms with Gasteiger partial charge in [0.05, 0.1) is 5.41 Å². The summed E-state index contributed by atoms with van der Waals surface area (Å²) in [4.78, 5) is 0. The molecule has 96 valence electrons. The molecule has 16 heavy (non-hydrogen) atoms. The van der Waals surface area contributed by atoms with E-state index in [0.29, 0.717) is 12.8 Å². The second-order valence-corrected chi connectivity index (χ2v) is 5.26. The Balaban J connectivity index is 2.63. The molecule has 1 atom stereocenters. The summed E-state index contributed by atoms with van der Waals surface area (Å²) in [6.07, 6.45) is 1.99. The molecule has 0 radical (unpaired) electrons. The molecule has 1 unspecified atom stereocenters. The normalized spacial score (nSPS) is 22.3. The number of alkyl halides is 3. The highest BCUT2D eigenvalue weighted by Crippen LogP contribution is 2.56. The molecule has 0 saturated heterocycles. The zero-order valence-electron chi connectivity index (χ0n) is 10.4. The summed E-state index contributed by atoms with van der Waals surface area (Å²) in [7, 11) is 0. The minimum absolute atomic E-state index is 0.207. The van der Waals surface area contributed by atoms with E-state index in [1.807, 2.05) is 0 Å². The van der Waals surface area contributed by atoms with Crippen LogP contribution in [0.5, 0.6) is 0 Å². The van der Waals surface area contributed by atoms with Gasteiger partial charge in [-0.3, -0.25) is 0 Å². The molecule has 1 aliphatic carbocycles. The first-order chi connectivity index (χ1) is 7.44. The van der Waals surface area contributed by atoms with Crippen LogP contribution in [0.15, 0.2) is 0 Å². The fourth-order valence-electron chi connectivity index (χ4n) is 3.04. The van der Waals surface area contributed by atoms with Crippen LogP contribution in [-0.2, 0) is 0 Å². The van der Waals surface area contributed by atoms with Crippen LogP contribution in [0.2, 0.25) is 0 Å². The number of hydrogen-bond donors (Lipinski definition) is 0. The molecule has 0 N–H and O–H groups in total. The van der Waals surface area contributed by atoms with Crippen LogP contribution in [0.25, 0.3) is 0 Å². The highest BCUT2D eigenvalue weighted by Gasteiger charge is 2.58. The maximum atomic E-state index is 13.2. The monoisotopic (exact) mass is 236 g/mol. The molecule has 0 nitrogen and oxygen atoms in total. The van der Waals surface area contributed by atoms with Crippen molar-refractivity contribution >= 4 is 0 Å². The van der Waals surface area contributed by atoms with E-state index >= 15 is 0 Å². The van der Waals surface area contributed by atoms with Crippen LogP contribution in [-0.4, -0.2) is 6.18 Å². The Morgan fingerprint density at radius 3 is 2.12 bits per heavy atom. The number of unbranched alkanes of at least 4 members (excludes halogenated alkanes) is 2. The Labute approximate surface area is 96.6 Å². The van der Waals surface area contributed by atoms with E-state index in [9.17, 15) is 13.2 Å². The van der Waals surface area contributed by atoms with Crippen molar-refractivity contribution in [3.05, 3.63) is 0 Å². The smallest absolute Gasteiger partial charge is 0.170 e. The fraction of sp³-hybridized carbons (Fsp3) is 1.00. The maximum Gasteiger partial charge on any atom is 0.394 e. The zero-order valence-corrected chi connectivity index (χ0v) is 10.4. The molecule has 0 aromatic rings. The molecule has 0 spiro atoms. The molecule has 1 aliphatic rings. The topological polar surface area (TPSA) is 0 Å². The Hall–Kier alpha value is -0.210. The van der Waals surface area contributed by atoms with E-state index in [-0.39, 0.29) is 5.92 Å². The molecule has 1 rings (SSSR count). The Bertz CT molecular complexity index is 202. The van der Waals surface area contributed by atoms with Crippen molar-refractivity contribution in [2.75, 3.05) is 0 Å². The van der Waals surface area contributed by atoms with E-state index < -0.39 is 11.6 Å². The largest absolute Gasteiger partial charge is 0.394 e.